The zero-order valence-electron chi connectivity index (χ0n) is 10.7. The summed E-state index contributed by atoms with van der Waals surface area (Å²) < 4.78 is 0.567. The van der Waals surface area contributed by atoms with Crippen LogP contribution in [-0.2, 0) is 0 Å². The third-order valence-electron chi connectivity index (χ3n) is 2.91. The van der Waals surface area contributed by atoms with Gasteiger partial charge in [-0.2, -0.15) is 10.2 Å². The molecule has 0 spiro atoms. The Balaban J connectivity index is 2.03. The predicted molar refractivity (Wildman–Crippen MR) is 84.8 cm³/mol. The van der Waals surface area contributed by atoms with Crippen molar-refractivity contribution in [2.45, 2.75) is 9.79 Å². The van der Waals surface area contributed by atoms with Gasteiger partial charge in [-0.15, -0.1) is 0 Å². The van der Waals surface area contributed by atoms with Crippen LogP contribution in [0, 0.1) is 0 Å². The second kappa shape index (κ2) is 5.83. The Morgan fingerprint density at radius 1 is 1.19 bits per heavy atom. The molecule has 0 atom stereocenters. The molecule has 1 N–H and O–H groups in total. The van der Waals surface area contributed by atoms with E-state index >= 15 is 0 Å². The standard InChI is InChI=1S/C15H9BrN2O2S/c16-12-6-5-9(7-11(12)15(19)20)21-14-8-17-18-13-4-2-1-3-10(13)14/h1-8H,(H,19,20). The molecule has 3 aromatic rings. The van der Waals surface area contributed by atoms with Gasteiger partial charge >= 0.3 is 5.97 Å². The molecular weight excluding hydrogens is 352 g/mol. The molecule has 0 bridgehead atoms. The second-order valence-corrected chi connectivity index (χ2v) is 6.24. The molecule has 3 rings (SSSR count). The van der Waals surface area contributed by atoms with Crippen LogP contribution in [0.1, 0.15) is 10.4 Å². The average molecular weight is 361 g/mol. The van der Waals surface area contributed by atoms with E-state index in [9.17, 15) is 4.79 Å². The molecule has 0 aliphatic rings. The van der Waals surface area contributed by atoms with E-state index in [2.05, 4.69) is 26.1 Å². The first-order valence-corrected chi connectivity index (χ1v) is 7.67. The minimum absolute atomic E-state index is 0.242. The monoisotopic (exact) mass is 360 g/mol. The molecule has 0 radical (unpaired) electrons. The van der Waals surface area contributed by atoms with Gasteiger partial charge in [0.15, 0.2) is 0 Å². The van der Waals surface area contributed by atoms with E-state index in [-0.39, 0.29) is 5.56 Å². The molecule has 0 saturated carbocycles. The Labute approximate surface area is 133 Å². The third-order valence-corrected chi connectivity index (χ3v) is 4.63. The van der Waals surface area contributed by atoms with Crippen molar-refractivity contribution in [3.8, 4) is 0 Å². The number of rotatable bonds is 3. The largest absolute Gasteiger partial charge is 0.478 e. The molecule has 4 nitrogen and oxygen atoms in total. The molecule has 0 aliphatic heterocycles. The maximum atomic E-state index is 11.2. The van der Waals surface area contributed by atoms with Crippen LogP contribution in [0.15, 0.2) is 62.9 Å². The van der Waals surface area contributed by atoms with Gasteiger partial charge in [-0.25, -0.2) is 4.79 Å². The van der Waals surface area contributed by atoms with Crippen LogP contribution in [0.5, 0.6) is 0 Å². The smallest absolute Gasteiger partial charge is 0.336 e. The summed E-state index contributed by atoms with van der Waals surface area (Å²) in [7, 11) is 0. The Morgan fingerprint density at radius 2 is 2.00 bits per heavy atom. The van der Waals surface area contributed by atoms with Gasteiger partial charge < -0.3 is 5.11 Å². The van der Waals surface area contributed by atoms with Crippen LogP contribution in [0.25, 0.3) is 10.9 Å². The van der Waals surface area contributed by atoms with E-state index in [0.29, 0.717) is 4.47 Å². The van der Waals surface area contributed by atoms with Crippen LogP contribution >= 0.6 is 27.7 Å². The normalized spacial score (nSPS) is 10.7. The van der Waals surface area contributed by atoms with E-state index in [4.69, 9.17) is 5.11 Å². The van der Waals surface area contributed by atoms with Crippen molar-refractivity contribution in [2.24, 2.45) is 0 Å². The first-order valence-electron chi connectivity index (χ1n) is 6.06. The molecule has 1 aromatic heterocycles. The number of nitrogens with zero attached hydrogens (tertiary/aromatic N) is 2. The Hall–Kier alpha value is -1.92. The van der Waals surface area contributed by atoms with Gasteiger partial charge in [0.25, 0.3) is 0 Å². The maximum Gasteiger partial charge on any atom is 0.336 e. The Morgan fingerprint density at radius 3 is 2.81 bits per heavy atom. The highest BCUT2D eigenvalue weighted by Crippen LogP contribution is 2.33. The maximum absolute atomic E-state index is 11.2. The average Bonchev–Trinajstić information content (AvgIpc) is 2.49. The summed E-state index contributed by atoms with van der Waals surface area (Å²) in [6, 6.07) is 13.0. The molecule has 21 heavy (non-hydrogen) atoms. The molecule has 0 saturated heterocycles. The Bertz CT molecular complexity index is 834. The summed E-state index contributed by atoms with van der Waals surface area (Å²) in [6.07, 6.45) is 1.69. The van der Waals surface area contributed by atoms with E-state index in [1.54, 1.807) is 18.3 Å². The third kappa shape index (κ3) is 2.91. The summed E-state index contributed by atoms with van der Waals surface area (Å²) in [5, 5.41) is 18.2. The van der Waals surface area contributed by atoms with Crippen molar-refractivity contribution in [1.29, 1.82) is 0 Å². The summed E-state index contributed by atoms with van der Waals surface area (Å²) in [5.74, 6) is -0.956. The fourth-order valence-corrected chi connectivity index (χ4v) is 3.29. The lowest BCUT2D eigenvalue weighted by Crippen LogP contribution is -1.97. The second-order valence-electron chi connectivity index (χ2n) is 4.27. The van der Waals surface area contributed by atoms with E-state index in [1.165, 1.54) is 11.8 Å². The van der Waals surface area contributed by atoms with Crippen molar-refractivity contribution < 1.29 is 9.90 Å². The van der Waals surface area contributed by atoms with Crippen molar-refractivity contribution in [3.05, 3.63) is 58.7 Å². The quantitative estimate of drug-likeness (QED) is 0.756. The predicted octanol–water partition coefficient (Wildman–Crippen LogP) is 4.24. The highest BCUT2D eigenvalue weighted by atomic mass is 79.9. The Kier molecular flexibility index (Phi) is 3.90. The van der Waals surface area contributed by atoms with Crippen LogP contribution in [0.3, 0.4) is 0 Å². The lowest BCUT2D eigenvalue weighted by Gasteiger charge is -2.06. The number of carboxylic acids is 1. The summed E-state index contributed by atoms with van der Waals surface area (Å²) in [6.45, 7) is 0. The van der Waals surface area contributed by atoms with Crippen molar-refractivity contribution in [3.63, 3.8) is 0 Å². The lowest BCUT2D eigenvalue weighted by molar-refractivity contribution is 0.0695. The van der Waals surface area contributed by atoms with Crippen molar-refractivity contribution in [1.82, 2.24) is 10.2 Å². The highest BCUT2D eigenvalue weighted by molar-refractivity contribution is 9.10. The molecular formula is C15H9BrN2O2S. The van der Waals surface area contributed by atoms with Gasteiger partial charge in [0, 0.05) is 19.6 Å². The zero-order valence-corrected chi connectivity index (χ0v) is 13.1. The van der Waals surface area contributed by atoms with Crippen LogP contribution in [0.2, 0.25) is 0 Å². The van der Waals surface area contributed by atoms with Gasteiger partial charge in [0.2, 0.25) is 0 Å². The van der Waals surface area contributed by atoms with Crippen molar-refractivity contribution >= 4 is 44.6 Å². The van der Waals surface area contributed by atoms with Gasteiger partial charge in [-0.3, -0.25) is 0 Å². The number of hydrogen-bond donors (Lipinski definition) is 1. The SMILES string of the molecule is O=C(O)c1cc(Sc2cnnc3ccccc23)ccc1Br. The number of benzene rings is 2. The van der Waals surface area contributed by atoms with E-state index < -0.39 is 5.97 Å². The lowest BCUT2D eigenvalue weighted by atomic mass is 10.2. The molecule has 0 unspecified atom stereocenters. The zero-order chi connectivity index (χ0) is 14.8. The first kappa shape index (κ1) is 14.0. The highest BCUT2D eigenvalue weighted by Gasteiger charge is 2.11. The molecule has 104 valence electrons. The van der Waals surface area contributed by atoms with Gasteiger partial charge in [-0.05, 0) is 40.2 Å². The molecule has 0 amide bonds. The van der Waals surface area contributed by atoms with Gasteiger partial charge in [0.05, 0.1) is 17.3 Å². The van der Waals surface area contributed by atoms with E-state index in [1.807, 2.05) is 30.3 Å². The fraction of sp³-hybridized carbons (Fsp3) is 0. The topological polar surface area (TPSA) is 63.1 Å². The number of fused-ring (bicyclic) bond motifs is 1. The number of aromatic nitrogens is 2. The molecule has 1 heterocycles. The van der Waals surface area contributed by atoms with Gasteiger partial charge in [0.1, 0.15) is 0 Å². The summed E-state index contributed by atoms with van der Waals surface area (Å²) in [4.78, 5) is 13.0. The minimum atomic E-state index is -0.956. The number of aromatic carboxylic acids is 1. The summed E-state index contributed by atoms with van der Waals surface area (Å²) in [5.41, 5.74) is 1.06. The van der Waals surface area contributed by atoms with Crippen LogP contribution < -0.4 is 0 Å². The molecule has 2 aromatic carbocycles. The minimum Gasteiger partial charge on any atom is -0.478 e. The molecule has 0 aliphatic carbocycles. The van der Waals surface area contributed by atoms with Crippen LogP contribution in [-0.4, -0.2) is 21.3 Å². The fourth-order valence-electron chi connectivity index (χ4n) is 1.92. The number of hydrogen-bond acceptors (Lipinski definition) is 4. The van der Waals surface area contributed by atoms with E-state index in [0.717, 1.165) is 20.7 Å². The molecule has 6 heteroatoms. The van der Waals surface area contributed by atoms with Gasteiger partial charge in [-0.1, -0.05) is 30.0 Å². The van der Waals surface area contributed by atoms with Crippen LogP contribution in [0.4, 0.5) is 0 Å². The number of carbonyl (C=O) groups is 1. The van der Waals surface area contributed by atoms with Crippen molar-refractivity contribution in [2.75, 3.05) is 0 Å². The first-order chi connectivity index (χ1) is 10.1. The number of halogens is 1. The summed E-state index contributed by atoms with van der Waals surface area (Å²) >= 11 is 4.71. The molecule has 0 fully saturated rings. The number of carboxylic acid groups (broad SMARTS) is 1.